The van der Waals surface area contributed by atoms with Gasteiger partial charge in [0.2, 0.25) is 11.8 Å². The molecule has 0 spiro atoms. The normalized spacial score (nSPS) is 18.3. The molecule has 3 fully saturated rings. The summed E-state index contributed by atoms with van der Waals surface area (Å²) in [6.45, 7) is 4.89. The summed E-state index contributed by atoms with van der Waals surface area (Å²) in [5, 5.41) is 3.31. The summed E-state index contributed by atoms with van der Waals surface area (Å²) in [6.07, 6.45) is 8.25. The smallest absolute Gasteiger partial charge is 0.227 e. The first kappa shape index (κ1) is 26.7. The molecule has 0 radical (unpaired) electrons. The number of rotatable bonds is 10. The SMILES string of the molecule is NCCCN(Cc1cccc(-c2ccc(N3CCOCC3)c(NC(=O)C3CCCCC3)c2)c1)C(=O)C1CC1. The molecule has 3 aliphatic rings. The van der Waals surface area contributed by atoms with E-state index in [1.165, 1.54) is 6.42 Å². The van der Waals surface area contributed by atoms with Gasteiger partial charge in [-0.1, -0.05) is 43.5 Å². The minimum absolute atomic E-state index is 0.0942. The highest BCUT2D eigenvalue weighted by molar-refractivity contribution is 5.97. The maximum Gasteiger partial charge on any atom is 0.227 e. The third-order valence-electron chi connectivity index (χ3n) is 8.09. The molecule has 7 heteroatoms. The Morgan fingerprint density at radius 3 is 2.45 bits per heavy atom. The van der Waals surface area contributed by atoms with E-state index in [1.54, 1.807) is 0 Å². The van der Waals surface area contributed by atoms with Crippen LogP contribution >= 0.6 is 0 Å². The number of morpholine rings is 1. The predicted octanol–water partition coefficient (Wildman–Crippen LogP) is 4.80. The van der Waals surface area contributed by atoms with Crippen LogP contribution in [0.15, 0.2) is 42.5 Å². The van der Waals surface area contributed by atoms with Crippen molar-refractivity contribution in [1.29, 1.82) is 0 Å². The summed E-state index contributed by atoms with van der Waals surface area (Å²) in [5.41, 5.74) is 10.9. The lowest BCUT2D eigenvalue weighted by atomic mass is 9.88. The van der Waals surface area contributed by atoms with Crippen LogP contribution in [0.25, 0.3) is 11.1 Å². The van der Waals surface area contributed by atoms with Gasteiger partial charge in [0.25, 0.3) is 0 Å². The lowest BCUT2D eigenvalue weighted by Gasteiger charge is -2.31. The number of anilines is 2. The molecule has 7 nitrogen and oxygen atoms in total. The highest BCUT2D eigenvalue weighted by Gasteiger charge is 2.33. The Morgan fingerprint density at radius 2 is 1.71 bits per heavy atom. The van der Waals surface area contributed by atoms with Gasteiger partial charge in [0.15, 0.2) is 0 Å². The monoisotopic (exact) mass is 518 g/mol. The second kappa shape index (κ2) is 12.8. The molecule has 38 heavy (non-hydrogen) atoms. The average molecular weight is 519 g/mol. The van der Waals surface area contributed by atoms with Gasteiger partial charge in [-0.15, -0.1) is 0 Å². The Morgan fingerprint density at radius 1 is 0.947 bits per heavy atom. The molecule has 0 aromatic heterocycles. The number of carbonyl (C=O) groups excluding carboxylic acids is 2. The van der Waals surface area contributed by atoms with Crippen LogP contribution in [0.4, 0.5) is 11.4 Å². The number of amides is 2. The molecule has 3 N–H and O–H groups in total. The molecular formula is C31H42N4O3. The number of nitrogens with two attached hydrogens (primary N) is 1. The fraction of sp³-hybridized carbons (Fsp3) is 0.548. The number of benzene rings is 2. The third kappa shape index (κ3) is 6.75. The highest BCUT2D eigenvalue weighted by atomic mass is 16.5. The second-order valence-electron chi connectivity index (χ2n) is 11.0. The maximum absolute atomic E-state index is 13.2. The van der Waals surface area contributed by atoms with E-state index in [0.717, 1.165) is 86.1 Å². The van der Waals surface area contributed by atoms with E-state index in [-0.39, 0.29) is 23.7 Å². The van der Waals surface area contributed by atoms with Crippen LogP contribution in [0.1, 0.15) is 56.9 Å². The Balaban J connectivity index is 1.38. The van der Waals surface area contributed by atoms with Crippen LogP contribution in [-0.4, -0.2) is 56.1 Å². The van der Waals surface area contributed by atoms with E-state index in [9.17, 15) is 9.59 Å². The number of nitrogens with one attached hydrogen (secondary N) is 1. The van der Waals surface area contributed by atoms with Crippen LogP contribution < -0.4 is 16.0 Å². The molecular weight excluding hydrogens is 476 g/mol. The Labute approximate surface area is 226 Å². The molecule has 0 atom stereocenters. The van der Waals surface area contributed by atoms with E-state index < -0.39 is 0 Å². The number of hydrogen-bond donors (Lipinski definition) is 2. The summed E-state index contributed by atoms with van der Waals surface area (Å²) in [5.74, 6) is 0.682. The Kier molecular flexibility index (Phi) is 8.97. The molecule has 2 amide bonds. The number of carbonyl (C=O) groups is 2. The lowest BCUT2D eigenvalue weighted by Crippen LogP contribution is -2.37. The van der Waals surface area contributed by atoms with E-state index in [0.29, 0.717) is 32.8 Å². The van der Waals surface area contributed by atoms with E-state index in [2.05, 4.69) is 52.7 Å². The molecule has 2 aromatic rings. The summed E-state index contributed by atoms with van der Waals surface area (Å²) >= 11 is 0. The third-order valence-corrected chi connectivity index (χ3v) is 8.09. The zero-order valence-electron chi connectivity index (χ0n) is 22.5. The summed E-state index contributed by atoms with van der Waals surface area (Å²) in [4.78, 5) is 30.4. The van der Waals surface area contributed by atoms with E-state index >= 15 is 0 Å². The van der Waals surface area contributed by atoms with Gasteiger partial charge in [-0.05, 0) is 73.5 Å². The summed E-state index contributed by atoms with van der Waals surface area (Å²) in [6, 6.07) is 14.8. The minimum Gasteiger partial charge on any atom is -0.378 e. The summed E-state index contributed by atoms with van der Waals surface area (Å²) in [7, 11) is 0. The van der Waals surface area contributed by atoms with Crippen LogP contribution in [-0.2, 0) is 20.9 Å². The number of nitrogens with zero attached hydrogens (tertiary/aromatic N) is 2. The Bertz CT molecular complexity index is 1100. The van der Waals surface area contributed by atoms with E-state index in [4.69, 9.17) is 10.5 Å². The quantitative estimate of drug-likeness (QED) is 0.472. The van der Waals surface area contributed by atoms with E-state index in [1.807, 2.05) is 4.90 Å². The van der Waals surface area contributed by atoms with Crippen molar-refractivity contribution in [3.05, 3.63) is 48.0 Å². The van der Waals surface area contributed by atoms with Crippen molar-refractivity contribution >= 4 is 23.2 Å². The second-order valence-corrected chi connectivity index (χ2v) is 11.0. The number of ether oxygens (including phenoxy) is 1. The van der Waals surface area contributed by atoms with Crippen molar-refractivity contribution in [1.82, 2.24) is 4.90 Å². The van der Waals surface area contributed by atoms with Crippen molar-refractivity contribution in [3.63, 3.8) is 0 Å². The fourth-order valence-corrected chi connectivity index (χ4v) is 5.70. The van der Waals surface area contributed by atoms with Crippen LogP contribution in [0, 0.1) is 11.8 Å². The first-order chi connectivity index (χ1) is 18.6. The average Bonchev–Trinajstić information content (AvgIpc) is 3.82. The zero-order chi connectivity index (χ0) is 26.3. The van der Waals surface area contributed by atoms with Crippen molar-refractivity contribution < 1.29 is 14.3 Å². The van der Waals surface area contributed by atoms with Crippen LogP contribution in [0.3, 0.4) is 0 Å². The Hall–Kier alpha value is -2.90. The van der Waals surface area contributed by atoms with Gasteiger partial charge in [0.05, 0.1) is 24.6 Å². The molecule has 2 aliphatic carbocycles. The van der Waals surface area contributed by atoms with Gasteiger partial charge in [0, 0.05) is 38.0 Å². The van der Waals surface area contributed by atoms with Gasteiger partial charge in [-0.2, -0.15) is 0 Å². The molecule has 0 unspecified atom stereocenters. The predicted molar refractivity (Wildman–Crippen MR) is 152 cm³/mol. The maximum atomic E-state index is 13.2. The lowest BCUT2D eigenvalue weighted by molar-refractivity contribution is -0.133. The van der Waals surface area contributed by atoms with Gasteiger partial charge in [0.1, 0.15) is 0 Å². The van der Waals surface area contributed by atoms with Crippen molar-refractivity contribution in [3.8, 4) is 11.1 Å². The summed E-state index contributed by atoms with van der Waals surface area (Å²) < 4.78 is 5.57. The zero-order valence-corrected chi connectivity index (χ0v) is 22.5. The van der Waals surface area contributed by atoms with Crippen molar-refractivity contribution in [2.45, 2.75) is 57.9 Å². The highest BCUT2D eigenvalue weighted by Crippen LogP contribution is 2.35. The molecule has 0 bridgehead atoms. The first-order valence-electron chi connectivity index (χ1n) is 14.5. The minimum atomic E-state index is 0.0942. The first-order valence-corrected chi connectivity index (χ1v) is 14.5. The van der Waals surface area contributed by atoms with Crippen LogP contribution in [0.2, 0.25) is 0 Å². The fourth-order valence-electron chi connectivity index (χ4n) is 5.70. The van der Waals surface area contributed by atoms with Gasteiger partial charge in [-0.3, -0.25) is 9.59 Å². The molecule has 1 saturated heterocycles. The molecule has 2 aromatic carbocycles. The standard InChI is InChI=1S/C31H42N4O3/c32-14-5-15-35(31(37)25-10-11-25)22-23-6-4-9-26(20-23)27-12-13-29(34-16-18-38-19-17-34)28(21-27)33-30(36)24-7-2-1-3-8-24/h4,6,9,12-13,20-21,24-25H,1-3,5,7-8,10-11,14-19,22,32H2,(H,33,36). The van der Waals surface area contributed by atoms with Gasteiger partial charge in [-0.25, -0.2) is 0 Å². The molecule has 1 heterocycles. The molecule has 2 saturated carbocycles. The van der Waals surface area contributed by atoms with Crippen molar-refractivity contribution in [2.75, 3.05) is 49.6 Å². The largest absolute Gasteiger partial charge is 0.378 e. The molecule has 5 rings (SSSR count). The van der Waals surface area contributed by atoms with Crippen LogP contribution in [0.5, 0.6) is 0 Å². The van der Waals surface area contributed by atoms with Gasteiger partial charge < -0.3 is 25.6 Å². The van der Waals surface area contributed by atoms with Gasteiger partial charge >= 0.3 is 0 Å². The molecule has 1 aliphatic heterocycles. The molecule has 204 valence electrons. The number of hydrogen-bond acceptors (Lipinski definition) is 5. The van der Waals surface area contributed by atoms with Crippen molar-refractivity contribution in [2.24, 2.45) is 17.6 Å². The topological polar surface area (TPSA) is 87.9 Å².